The van der Waals surface area contributed by atoms with E-state index in [-0.39, 0.29) is 17.4 Å². The summed E-state index contributed by atoms with van der Waals surface area (Å²) in [7, 11) is 0. The van der Waals surface area contributed by atoms with Crippen LogP contribution in [-0.2, 0) is 11.8 Å². The smallest absolute Gasteiger partial charge is 0.251 e. The van der Waals surface area contributed by atoms with Crippen LogP contribution in [0.5, 0.6) is 5.75 Å². The lowest BCUT2D eigenvalue weighted by Gasteiger charge is -2.19. The Morgan fingerprint density at radius 2 is 1.62 bits per heavy atom. The number of benzene rings is 2. The second kappa shape index (κ2) is 8.88. The Morgan fingerprint density at radius 3 is 2.15 bits per heavy atom. The van der Waals surface area contributed by atoms with Gasteiger partial charge in [0.1, 0.15) is 5.75 Å². The summed E-state index contributed by atoms with van der Waals surface area (Å²) in [6.45, 7) is 11.2. The van der Waals surface area contributed by atoms with Crippen LogP contribution < -0.4 is 10.1 Å². The predicted molar refractivity (Wildman–Crippen MR) is 108 cm³/mol. The van der Waals surface area contributed by atoms with Gasteiger partial charge in [-0.15, -0.1) is 0 Å². The second-order valence-electron chi connectivity index (χ2n) is 8.00. The number of hydrogen-bond donors (Lipinski definition) is 1. The first-order valence-electron chi connectivity index (χ1n) is 9.40. The zero-order valence-electron chi connectivity index (χ0n) is 16.6. The van der Waals surface area contributed by atoms with Gasteiger partial charge in [-0.3, -0.25) is 4.79 Å². The fourth-order valence-corrected chi connectivity index (χ4v) is 2.72. The summed E-state index contributed by atoms with van der Waals surface area (Å²) >= 11 is 0. The first-order valence-corrected chi connectivity index (χ1v) is 9.40. The molecule has 0 fully saturated rings. The molecule has 0 heterocycles. The third kappa shape index (κ3) is 6.21. The van der Waals surface area contributed by atoms with Gasteiger partial charge < -0.3 is 10.1 Å². The van der Waals surface area contributed by atoms with Crippen LogP contribution in [0.2, 0.25) is 0 Å². The van der Waals surface area contributed by atoms with Crippen molar-refractivity contribution in [1.29, 1.82) is 0 Å². The Balaban J connectivity index is 1.76. The van der Waals surface area contributed by atoms with Crippen LogP contribution in [0.1, 0.15) is 62.5 Å². The monoisotopic (exact) mass is 353 g/mol. The number of carbonyl (C=O) groups excluding carboxylic acids is 1. The Labute approximate surface area is 157 Å². The maximum Gasteiger partial charge on any atom is 0.251 e. The van der Waals surface area contributed by atoms with Crippen molar-refractivity contribution in [3.63, 3.8) is 0 Å². The van der Waals surface area contributed by atoms with Gasteiger partial charge in [0, 0.05) is 12.1 Å². The van der Waals surface area contributed by atoms with Gasteiger partial charge in [0.2, 0.25) is 0 Å². The van der Waals surface area contributed by atoms with Crippen LogP contribution in [0.3, 0.4) is 0 Å². The van der Waals surface area contributed by atoms with Crippen molar-refractivity contribution in [3.05, 3.63) is 65.2 Å². The van der Waals surface area contributed by atoms with Gasteiger partial charge in [0.15, 0.2) is 0 Å². The van der Waals surface area contributed by atoms with Gasteiger partial charge in [-0.05, 0) is 67.5 Å². The molecule has 26 heavy (non-hydrogen) atoms. The molecule has 0 saturated heterocycles. The minimum absolute atomic E-state index is 0.00820. The van der Waals surface area contributed by atoms with Crippen LogP contribution in [0.15, 0.2) is 48.5 Å². The molecular weight excluding hydrogens is 322 g/mol. The summed E-state index contributed by atoms with van der Waals surface area (Å²) in [5.74, 6) is 0.891. The fraction of sp³-hybridized carbons (Fsp3) is 0.435. The topological polar surface area (TPSA) is 38.3 Å². The quantitative estimate of drug-likeness (QED) is 0.701. The van der Waals surface area contributed by atoms with Gasteiger partial charge in [-0.25, -0.2) is 0 Å². The van der Waals surface area contributed by atoms with E-state index in [9.17, 15) is 4.79 Å². The van der Waals surface area contributed by atoms with Crippen LogP contribution in [0, 0.1) is 0 Å². The lowest BCUT2D eigenvalue weighted by molar-refractivity contribution is 0.0953. The van der Waals surface area contributed by atoms with Gasteiger partial charge >= 0.3 is 0 Å². The lowest BCUT2D eigenvalue weighted by Crippen LogP contribution is -2.25. The Kier molecular flexibility index (Phi) is 6.84. The maximum atomic E-state index is 12.2. The van der Waals surface area contributed by atoms with E-state index in [1.54, 1.807) is 0 Å². The molecule has 0 atom stereocenters. The molecule has 3 heteroatoms. The molecule has 2 aromatic rings. The summed E-state index contributed by atoms with van der Waals surface area (Å²) in [4.78, 5) is 12.2. The SMILES string of the molecule is CC(C)Oc1ccc(CCCNC(=O)c2ccc(C(C)(C)C)cc2)cc1. The van der Waals surface area contributed by atoms with E-state index in [1.807, 2.05) is 50.2 Å². The van der Waals surface area contributed by atoms with E-state index in [0.29, 0.717) is 12.1 Å². The van der Waals surface area contributed by atoms with Crippen molar-refractivity contribution >= 4 is 5.91 Å². The van der Waals surface area contributed by atoms with Crippen molar-refractivity contribution in [3.8, 4) is 5.75 Å². The Hall–Kier alpha value is -2.29. The molecule has 0 aliphatic carbocycles. The van der Waals surface area contributed by atoms with Gasteiger partial charge in [0.05, 0.1) is 6.10 Å². The third-order valence-electron chi connectivity index (χ3n) is 4.24. The molecule has 0 saturated carbocycles. The van der Waals surface area contributed by atoms with E-state index >= 15 is 0 Å². The largest absolute Gasteiger partial charge is 0.491 e. The minimum atomic E-state index is -0.00820. The molecule has 0 unspecified atom stereocenters. The van der Waals surface area contributed by atoms with E-state index in [1.165, 1.54) is 11.1 Å². The summed E-state index contributed by atoms with van der Waals surface area (Å²) in [5.41, 5.74) is 3.31. The van der Waals surface area contributed by atoms with Crippen molar-refractivity contribution in [2.45, 2.75) is 59.0 Å². The molecule has 0 spiro atoms. The number of carbonyl (C=O) groups is 1. The highest BCUT2D eigenvalue weighted by atomic mass is 16.5. The lowest BCUT2D eigenvalue weighted by atomic mass is 9.87. The summed E-state index contributed by atoms with van der Waals surface area (Å²) < 4.78 is 5.65. The highest BCUT2D eigenvalue weighted by Gasteiger charge is 2.14. The maximum absolute atomic E-state index is 12.2. The zero-order chi connectivity index (χ0) is 19.2. The number of hydrogen-bond acceptors (Lipinski definition) is 2. The van der Waals surface area contributed by atoms with E-state index in [2.05, 4.69) is 38.2 Å². The first-order chi connectivity index (χ1) is 12.3. The number of ether oxygens (including phenoxy) is 1. The summed E-state index contributed by atoms with van der Waals surface area (Å²) in [6.07, 6.45) is 2.04. The predicted octanol–water partition coefficient (Wildman–Crippen LogP) is 5.13. The molecule has 1 N–H and O–H groups in total. The van der Waals surface area contributed by atoms with E-state index in [0.717, 1.165) is 18.6 Å². The fourth-order valence-electron chi connectivity index (χ4n) is 2.72. The van der Waals surface area contributed by atoms with Crippen LogP contribution in [0.4, 0.5) is 0 Å². The number of aryl methyl sites for hydroxylation is 1. The molecule has 0 aliphatic heterocycles. The second-order valence-corrected chi connectivity index (χ2v) is 8.00. The molecule has 0 aromatic heterocycles. The molecule has 0 aliphatic rings. The van der Waals surface area contributed by atoms with Crippen LogP contribution in [0.25, 0.3) is 0 Å². The molecule has 140 valence electrons. The average molecular weight is 354 g/mol. The molecule has 0 bridgehead atoms. The van der Waals surface area contributed by atoms with Crippen molar-refractivity contribution < 1.29 is 9.53 Å². The third-order valence-corrected chi connectivity index (χ3v) is 4.24. The number of rotatable bonds is 7. The van der Waals surface area contributed by atoms with E-state index < -0.39 is 0 Å². The summed E-state index contributed by atoms with van der Waals surface area (Å²) in [6, 6.07) is 16.1. The first kappa shape index (κ1) is 20.0. The highest BCUT2D eigenvalue weighted by Crippen LogP contribution is 2.22. The van der Waals surface area contributed by atoms with Crippen molar-refractivity contribution in [2.75, 3.05) is 6.54 Å². The number of nitrogens with one attached hydrogen (secondary N) is 1. The molecular formula is C23H31NO2. The average Bonchev–Trinajstić information content (AvgIpc) is 2.59. The Morgan fingerprint density at radius 1 is 1.00 bits per heavy atom. The van der Waals surface area contributed by atoms with E-state index in [4.69, 9.17) is 4.74 Å². The normalized spacial score (nSPS) is 11.5. The zero-order valence-corrected chi connectivity index (χ0v) is 16.6. The van der Waals surface area contributed by atoms with Gasteiger partial charge in [-0.2, -0.15) is 0 Å². The molecule has 2 aromatic carbocycles. The number of amides is 1. The molecule has 0 radical (unpaired) electrons. The Bertz CT molecular complexity index is 694. The van der Waals surface area contributed by atoms with Crippen molar-refractivity contribution in [2.24, 2.45) is 0 Å². The highest BCUT2D eigenvalue weighted by molar-refractivity contribution is 5.94. The van der Waals surface area contributed by atoms with Gasteiger partial charge in [-0.1, -0.05) is 45.0 Å². The van der Waals surface area contributed by atoms with Crippen molar-refractivity contribution in [1.82, 2.24) is 5.32 Å². The molecule has 1 amide bonds. The standard InChI is InChI=1S/C23H31NO2/c1-17(2)26-21-14-8-18(9-15-21)7-6-16-24-22(25)19-10-12-20(13-11-19)23(3,4)5/h8-15,17H,6-7,16H2,1-5H3,(H,24,25). The molecule has 2 rings (SSSR count). The summed E-state index contributed by atoms with van der Waals surface area (Å²) in [5, 5.41) is 3.00. The van der Waals surface area contributed by atoms with Crippen LogP contribution >= 0.6 is 0 Å². The molecule has 3 nitrogen and oxygen atoms in total. The van der Waals surface area contributed by atoms with Gasteiger partial charge in [0.25, 0.3) is 5.91 Å². The van der Waals surface area contributed by atoms with Crippen LogP contribution in [-0.4, -0.2) is 18.6 Å². The minimum Gasteiger partial charge on any atom is -0.491 e.